The third kappa shape index (κ3) is 4.86. The first-order chi connectivity index (χ1) is 17.8. The van der Waals surface area contributed by atoms with Crippen molar-refractivity contribution in [1.82, 2.24) is 0 Å². The van der Waals surface area contributed by atoms with E-state index in [2.05, 4.69) is 0 Å². The van der Waals surface area contributed by atoms with Crippen molar-refractivity contribution in [2.45, 2.75) is 22.5 Å². The molecule has 0 aliphatic carbocycles. The molecule has 5 rings (SSSR count). The summed E-state index contributed by atoms with van der Waals surface area (Å²) in [7, 11) is -3.89. The van der Waals surface area contributed by atoms with Crippen molar-refractivity contribution in [3.8, 4) is 11.1 Å². The zero-order chi connectivity index (χ0) is 26.2. The van der Waals surface area contributed by atoms with Gasteiger partial charge in [-0.2, -0.15) is 11.8 Å². The molecule has 0 saturated heterocycles. The lowest BCUT2D eigenvalue weighted by molar-refractivity contribution is -0.140. The van der Waals surface area contributed by atoms with Gasteiger partial charge in [-0.25, -0.2) is 12.8 Å². The molecular formula is C29H23FO5S2. The maximum Gasteiger partial charge on any atom is 0.307 e. The molecule has 1 heterocycles. The minimum Gasteiger partial charge on any atom is -0.481 e. The van der Waals surface area contributed by atoms with E-state index < -0.39 is 27.5 Å². The van der Waals surface area contributed by atoms with E-state index in [4.69, 9.17) is 9.52 Å². The van der Waals surface area contributed by atoms with E-state index in [0.29, 0.717) is 5.75 Å². The minimum absolute atomic E-state index is 0.0112. The maximum atomic E-state index is 14.4. The number of carbonyl (C=O) groups is 1. The van der Waals surface area contributed by atoms with E-state index in [-0.39, 0.29) is 21.1 Å². The van der Waals surface area contributed by atoms with Crippen molar-refractivity contribution < 1.29 is 27.1 Å². The van der Waals surface area contributed by atoms with Crippen molar-refractivity contribution in [3.63, 3.8) is 0 Å². The molecule has 1 N–H and O–H groups in total. The average molecular weight is 535 g/mol. The quantitative estimate of drug-likeness (QED) is 0.212. The third-order valence-electron chi connectivity index (χ3n) is 6.25. The Kier molecular flexibility index (Phi) is 6.79. The van der Waals surface area contributed by atoms with Crippen LogP contribution in [0, 0.1) is 11.7 Å². The number of furan rings is 1. The predicted octanol–water partition coefficient (Wildman–Crippen LogP) is 7.18. The molecule has 8 heteroatoms. The molecule has 37 heavy (non-hydrogen) atoms. The predicted molar refractivity (Wildman–Crippen MR) is 144 cm³/mol. The number of rotatable bonds is 8. The van der Waals surface area contributed by atoms with Crippen LogP contribution < -0.4 is 0 Å². The van der Waals surface area contributed by atoms with E-state index in [1.165, 1.54) is 23.9 Å². The smallest absolute Gasteiger partial charge is 0.307 e. The highest BCUT2D eigenvalue weighted by molar-refractivity contribution is 7.98. The summed E-state index contributed by atoms with van der Waals surface area (Å²) in [5.74, 6) is -1.56. The van der Waals surface area contributed by atoms with Crippen LogP contribution in [0.25, 0.3) is 33.1 Å². The summed E-state index contributed by atoms with van der Waals surface area (Å²) in [6, 6.07) is 23.9. The van der Waals surface area contributed by atoms with E-state index in [9.17, 15) is 17.6 Å². The summed E-state index contributed by atoms with van der Waals surface area (Å²) in [5.41, 5.74) is 3.41. The second-order valence-electron chi connectivity index (χ2n) is 8.82. The molecular weight excluding hydrogens is 511 g/mol. The topological polar surface area (TPSA) is 84.6 Å². The number of aliphatic carboxylic acids is 1. The molecule has 0 saturated carbocycles. The number of carboxylic acids is 1. The van der Waals surface area contributed by atoms with Crippen LogP contribution in [0.3, 0.4) is 0 Å². The Morgan fingerprint density at radius 3 is 2.41 bits per heavy atom. The number of benzene rings is 4. The summed E-state index contributed by atoms with van der Waals surface area (Å²) in [6.07, 6.45) is 0. The van der Waals surface area contributed by atoms with Gasteiger partial charge < -0.3 is 9.52 Å². The molecule has 0 spiro atoms. The number of para-hydroxylation sites is 2. The zero-order valence-corrected chi connectivity index (χ0v) is 21.5. The van der Waals surface area contributed by atoms with Gasteiger partial charge in [0.2, 0.25) is 9.84 Å². The van der Waals surface area contributed by atoms with Crippen molar-refractivity contribution in [1.29, 1.82) is 0 Å². The Labute approximate surface area is 217 Å². The second kappa shape index (κ2) is 10.0. The lowest BCUT2D eigenvalue weighted by Gasteiger charge is -2.10. The van der Waals surface area contributed by atoms with Gasteiger partial charge in [0.15, 0.2) is 0 Å². The molecule has 5 nitrogen and oxygen atoms in total. The van der Waals surface area contributed by atoms with Crippen LogP contribution in [-0.2, 0) is 20.4 Å². The van der Waals surface area contributed by atoms with Gasteiger partial charge in [-0.05, 0) is 47.5 Å². The van der Waals surface area contributed by atoms with Gasteiger partial charge in [-0.1, -0.05) is 55.5 Å². The zero-order valence-electron chi connectivity index (χ0n) is 19.8. The standard InChI is InChI=1S/C29H23FO5S2/c1-18(29(31)32)16-36-17-20-15-22(13-14-26(20)30)37(33,34)21-11-9-19(10-12-21)23-6-4-7-25-24-5-2-3-8-27(24)35-28(23)25/h2-15,18H,16-17H2,1H3,(H,31,32). The number of sulfone groups is 1. The van der Waals surface area contributed by atoms with Crippen molar-refractivity contribution in [2.24, 2.45) is 5.92 Å². The average Bonchev–Trinajstić information content (AvgIpc) is 3.28. The van der Waals surface area contributed by atoms with Crippen LogP contribution >= 0.6 is 11.8 Å². The first-order valence-corrected chi connectivity index (χ1v) is 14.2. The fraction of sp³-hybridized carbons (Fsp3) is 0.138. The Bertz CT molecular complexity index is 1720. The molecule has 1 aromatic heterocycles. The van der Waals surface area contributed by atoms with Crippen molar-refractivity contribution >= 4 is 49.5 Å². The number of carboxylic acid groups (broad SMARTS) is 1. The fourth-order valence-electron chi connectivity index (χ4n) is 4.17. The first kappa shape index (κ1) is 25.0. The molecule has 0 amide bonds. The van der Waals surface area contributed by atoms with Gasteiger partial charge in [-0.3, -0.25) is 4.79 Å². The Morgan fingerprint density at radius 2 is 1.65 bits per heavy atom. The van der Waals surface area contributed by atoms with E-state index in [1.807, 2.05) is 42.5 Å². The first-order valence-electron chi connectivity index (χ1n) is 11.6. The summed E-state index contributed by atoms with van der Waals surface area (Å²) < 4.78 is 47.1. The molecule has 0 fully saturated rings. The summed E-state index contributed by atoms with van der Waals surface area (Å²) >= 11 is 1.25. The largest absolute Gasteiger partial charge is 0.481 e. The minimum atomic E-state index is -3.89. The fourth-order valence-corrected chi connectivity index (χ4v) is 6.54. The molecule has 1 unspecified atom stereocenters. The van der Waals surface area contributed by atoms with E-state index >= 15 is 0 Å². The summed E-state index contributed by atoms with van der Waals surface area (Å²) in [4.78, 5) is 11.1. The highest BCUT2D eigenvalue weighted by Gasteiger charge is 2.21. The van der Waals surface area contributed by atoms with E-state index in [0.717, 1.165) is 39.1 Å². The van der Waals surface area contributed by atoms with Crippen LogP contribution in [0.15, 0.2) is 99.1 Å². The van der Waals surface area contributed by atoms with Crippen molar-refractivity contribution in [2.75, 3.05) is 5.75 Å². The third-order valence-corrected chi connectivity index (χ3v) is 9.27. The number of hydrogen-bond donors (Lipinski definition) is 1. The molecule has 4 aromatic carbocycles. The van der Waals surface area contributed by atoms with Gasteiger partial charge in [0.25, 0.3) is 0 Å². The maximum absolute atomic E-state index is 14.4. The Morgan fingerprint density at radius 1 is 0.946 bits per heavy atom. The van der Waals surface area contributed by atoms with Crippen LogP contribution in [0.2, 0.25) is 0 Å². The van der Waals surface area contributed by atoms with Crippen LogP contribution in [0.1, 0.15) is 12.5 Å². The molecule has 0 aliphatic rings. The summed E-state index contributed by atoms with van der Waals surface area (Å²) in [6.45, 7) is 1.57. The van der Waals surface area contributed by atoms with Gasteiger partial charge in [0.1, 0.15) is 17.0 Å². The highest BCUT2D eigenvalue weighted by atomic mass is 32.2. The number of thioether (sulfide) groups is 1. The van der Waals surface area contributed by atoms with Gasteiger partial charge in [0.05, 0.1) is 15.7 Å². The lowest BCUT2D eigenvalue weighted by atomic mass is 10.0. The molecule has 1 atom stereocenters. The molecule has 188 valence electrons. The lowest BCUT2D eigenvalue weighted by Crippen LogP contribution is -2.12. The number of hydrogen-bond acceptors (Lipinski definition) is 5. The monoisotopic (exact) mass is 534 g/mol. The number of halogens is 1. The summed E-state index contributed by atoms with van der Waals surface area (Å²) in [5, 5.41) is 11.0. The second-order valence-corrected chi connectivity index (χ2v) is 11.8. The Hall–Kier alpha value is -3.62. The van der Waals surface area contributed by atoms with Crippen LogP contribution in [0.4, 0.5) is 4.39 Å². The molecule has 0 aliphatic heterocycles. The van der Waals surface area contributed by atoms with Gasteiger partial charge in [-0.15, -0.1) is 0 Å². The van der Waals surface area contributed by atoms with Crippen molar-refractivity contribution in [3.05, 3.63) is 96.3 Å². The SMILES string of the molecule is CC(CSCc1cc(S(=O)(=O)c2ccc(-c3cccc4c3oc3ccccc34)cc2)ccc1F)C(=O)O. The van der Waals surface area contributed by atoms with Crippen LogP contribution in [-0.4, -0.2) is 25.2 Å². The molecule has 5 aromatic rings. The number of fused-ring (bicyclic) bond motifs is 3. The van der Waals surface area contributed by atoms with E-state index in [1.54, 1.807) is 31.2 Å². The van der Waals surface area contributed by atoms with Gasteiger partial charge >= 0.3 is 5.97 Å². The molecule has 0 radical (unpaired) electrons. The van der Waals surface area contributed by atoms with Crippen LogP contribution in [0.5, 0.6) is 0 Å². The normalized spacial score (nSPS) is 12.7. The Balaban J connectivity index is 1.43. The molecule has 0 bridgehead atoms. The van der Waals surface area contributed by atoms with Gasteiger partial charge in [0, 0.05) is 27.8 Å². The highest BCUT2D eigenvalue weighted by Crippen LogP contribution is 2.36.